The van der Waals surface area contributed by atoms with E-state index in [1.807, 2.05) is 18.7 Å². The second-order valence-corrected chi connectivity index (χ2v) is 7.75. The monoisotopic (exact) mass is 385 g/mol. The Hall–Kier alpha value is -3.12. The number of nitro benzene ring substituents is 1. The van der Waals surface area contributed by atoms with Crippen LogP contribution in [0, 0.1) is 21.4 Å². The lowest BCUT2D eigenvalue weighted by molar-refractivity contribution is -0.384. The number of rotatable bonds is 4. The van der Waals surface area contributed by atoms with Crippen molar-refractivity contribution in [3.8, 4) is 6.07 Å². The highest BCUT2D eigenvalue weighted by Gasteiger charge is 2.28. The average molecular weight is 385 g/mol. The number of nitriles is 1. The van der Waals surface area contributed by atoms with Crippen LogP contribution < -0.4 is 16.0 Å². The first-order valence-electron chi connectivity index (χ1n) is 8.46. The topological polar surface area (TPSA) is 125 Å². The molecule has 3 rings (SSSR count). The minimum absolute atomic E-state index is 0.0598. The van der Waals surface area contributed by atoms with E-state index in [-0.39, 0.29) is 23.2 Å². The maximum Gasteiger partial charge on any atom is 0.293 e. The second kappa shape index (κ2) is 7.25. The van der Waals surface area contributed by atoms with Gasteiger partial charge in [0.2, 0.25) is 0 Å². The Morgan fingerprint density at radius 1 is 1.48 bits per heavy atom. The number of amides is 1. The number of thiophene rings is 1. The SMILES string of the molecule is CC(C)NC(=O)c1ccc(N2CCc3c(sc(N)c3C#N)C2)c([N+](=O)[O-])c1. The summed E-state index contributed by atoms with van der Waals surface area (Å²) in [4.78, 5) is 26.1. The van der Waals surface area contributed by atoms with Gasteiger partial charge >= 0.3 is 0 Å². The average Bonchev–Trinajstić information content (AvgIpc) is 2.94. The highest BCUT2D eigenvalue weighted by molar-refractivity contribution is 7.16. The zero-order chi connectivity index (χ0) is 19.7. The first-order chi connectivity index (χ1) is 12.8. The van der Waals surface area contributed by atoms with E-state index in [9.17, 15) is 20.2 Å². The molecule has 0 atom stereocenters. The van der Waals surface area contributed by atoms with Crippen molar-refractivity contribution in [2.24, 2.45) is 0 Å². The van der Waals surface area contributed by atoms with Crippen LogP contribution in [-0.2, 0) is 13.0 Å². The van der Waals surface area contributed by atoms with Crippen molar-refractivity contribution in [3.05, 3.63) is 49.9 Å². The van der Waals surface area contributed by atoms with Crippen LogP contribution in [0.4, 0.5) is 16.4 Å². The van der Waals surface area contributed by atoms with Crippen LogP contribution in [0.5, 0.6) is 0 Å². The Bertz CT molecular complexity index is 961. The van der Waals surface area contributed by atoms with Gasteiger partial charge in [-0.05, 0) is 38.0 Å². The van der Waals surface area contributed by atoms with Gasteiger partial charge in [0.15, 0.2) is 0 Å². The van der Waals surface area contributed by atoms with Crippen molar-refractivity contribution in [2.75, 3.05) is 17.2 Å². The number of hydrogen-bond donors (Lipinski definition) is 2. The normalized spacial score (nSPS) is 13.2. The molecule has 1 amide bonds. The maximum absolute atomic E-state index is 12.2. The molecular weight excluding hydrogens is 366 g/mol. The minimum Gasteiger partial charge on any atom is -0.389 e. The molecule has 0 saturated heterocycles. The summed E-state index contributed by atoms with van der Waals surface area (Å²) in [5, 5.41) is 24.1. The van der Waals surface area contributed by atoms with E-state index in [1.54, 1.807) is 12.1 Å². The van der Waals surface area contributed by atoms with E-state index >= 15 is 0 Å². The van der Waals surface area contributed by atoms with Crippen molar-refractivity contribution >= 4 is 33.6 Å². The fourth-order valence-corrected chi connectivity index (χ4v) is 4.26. The van der Waals surface area contributed by atoms with Gasteiger partial charge in [-0.3, -0.25) is 14.9 Å². The lowest BCUT2D eigenvalue weighted by atomic mass is 10.0. The van der Waals surface area contributed by atoms with E-state index in [1.165, 1.54) is 17.4 Å². The molecule has 0 radical (unpaired) electrons. The Morgan fingerprint density at radius 2 is 2.22 bits per heavy atom. The molecule has 1 aliphatic rings. The molecule has 9 heteroatoms. The summed E-state index contributed by atoms with van der Waals surface area (Å²) < 4.78 is 0. The van der Waals surface area contributed by atoms with Gasteiger partial charge in [0.1, 0.15) is 16.8 Å². The fourth-order valence-electron chi connectivity index (χ4n) is 3.18. The molecule has 0 saturated carbocycles. The third kappa shape index (κ3) is 3.57. The Labute approximate surface area is 160 Å². The Kier molecular flexibility index (Phi) is 5.01. The number of nitrogen functional groups attached to an aromatic ring is 1. The third-order valence-corrected chi connectivity index (χ3v) is 5.44. The molecule has 3 N–H and O–H groups in total. The summed E-state index contributed by atoms with van der Waals surface area (Å²) in [5.41, 5.74) is 7.97. The largest absolute Gasteiger partial charge is 0.389 e. The van der Waals surface area contributed by atoms with E-state index in [2.05, 4.69) is 11.4 Å². The van der Waals surface area contributed by atoms with Gasteiger partial charge in [-0.15, -0.1) is 11.3 Å². The van der Waals surface area contributed by atoms with Crippen LogP contribution in [0.15, 0.2) is 18.2 Å². The molecule has 2 aromatic rings. The van der Waals surface area contributed by atoms with E-state index in [0.29, 0.717) is 35.8 Å². The number of nitrogens with zero attached hydrogens (tertiary/aromatic N) is 3. The molecule has 140 valence electrons. The fraction of sp³-hybridized carbons (Fsp3) is 0.333. The van der Waals surface area contributed by atoms with Gasteiger partial charge in [-0.1, -0.05) is 0 Å². The minimum atomic E-state index is -0.472. The summed E-state index contributed by atoms with van der Waals surface area (Å²) in [7, 11) is 0. The van der Waals surface area contributed by atoms with E-state index < -0.39 is 4.92 Å². The lowest BCUT2D eigenvalue weighted by Gasteiger charge is -2.28. The van der Waals surface area contributed by atoms with Gasteiger partial charge in [0.05, 0.1) is 17.0 Å². The van der Waals surface area contributed by atoms with Gasteiger partial charge < -0.3 is 16.0 Å². The van der Waals surface area contributed by atoms with Crippen LogP contribution in [0.1, 0.15) is 40.2 Å². The van der Waals surface area contributed by atoms with Crippen molar-refractivity contribution in [1.29, 1.82) is 5.26 Å². The molecule has 1 aromatic heterocycles. The molecule has 27 heavy (non-hydrogen) atoms. The molecule has 8 nitrogen and oxygen atoms in total. The first-order valence-corrected chi connectivity index (χ1v) is 9.27. The zero-order valence-corrected chi connectivity index (χ0v) is 15.8. The number of carbonyl (C=O) groups is 1. The number of hydrogen-bond acceptors (Lipinski definition) is 7. The maximum atomic E-state index is 12.2. The number of nitrogens with one attached hydrogen (secondary N) is 1. The molecule has 0 fully saturated rings. The molecule has 0 bridgehead atoms. The summed E-state index contributed by atoms with van der Waals surface area (Å²) >= 11 is 1.35. The standard InChI is InChI=1S/C18H19N5O3S/c1-10(2)21-18(24)11-3-4-14(15(7-11)23(25)26)22-6-5-12-13(8-19)17(20)27-16(12)9-22/h3-4,7,10H,5-6,9,20H2,1-2H3,(H,21,24). The number of benzene rings is 1. The van der Waals surface area contributed by atoms with Gasteiger partial charge in [-0.25, -0.2) is 0 Å². The predicted molar refractivity (Wildman–Crippen MR) is 104 cm³/mol. The van der Waals surface area contributed by atoms with Gasteiger partial charge in [0.25, 0.3) is 11.6 Å². The number of nitro groups is 1. The number of nitrogens with two attached hydrogens (primary N) is 1. The van der Waals surface area contributed by atoms with E-state index in [0.717, 1.165) is 10.4 Å². The van der Waals surface area contributed by atoms with Crippen LogP contribution in [-0.4, -0.2) is 23.4 Å². The summed E-state index contributed by atoms with van der Waals surface area (Å²) in [6.45, 7) is 4.64. The molecule has 0 unspecified atom stereocenters. The lowest BCUT2D eigenvalue weighted by Crippen LogP contribution is -2.31. The van der Waals surface area contributed by atoms with Crippen LogP contribution in [0.25, 0.3) is 0 Å². The molecule has 0 aliphatic carbocycles. The second-order valence-electron chi connectivity index (χ2n) is 6.62. The molecule has 0 spiro atoms. The smallest absolute Gasteiger partial charge is 0.293 e. The molecular formula is C18H19N5O3S. The highest BCUT2D eigenvalue weighted by atomic mass is 32.1. The highest BCUT2D eigenvalue weighted by Crippen LogP contribution is 2.38. The third-order valence-electron chi connectivity index (χ3n) is 4.39. The number of fused-ring (bicyclic) bond motifs is 1. The number of carbonyl (C=O) groups excluding carboxylic acids is 1. The van der Waals surface area contributed by atoms with Gasteiger partial charge in [0, 0.05) is 29.1 Å². The summed E-state index contributed by atoms with van der Waals surface area (Å²) in [6, 6.07) is 6.60. The van der Waals surface area contributed by atoms with Crippen LogP contribution >= 0.6 is 11.3 Å². The summed E-state index contributed by atoms with van der Waals surface area (Å²) in [6.07, 6.45) is 0.596. The van der Waals surface area contributed by atoms with E-state index in [4.69, 9.17) is 5.73 Å². The molecule has 2 heterocycles. The van der Waals surface area contributed by atoms with Crippen molar-refractivity contribution in [2.45, 2.75) is 32.9 Å². The van der Waals surface area contributed by atoms with Crippen molar-refractivity contribution < 1.29 is 9.72 Å². The predicted octanol–water partition coefficient (Wildman–Crippen LogP) is 2.81. The van der Waals surface area contributed by atoms with Crippen molar-refractivity contribution in [3.63, 3.8) is 0 Å². The molecule has 1 aliphatic heterocycles. The molecule has 1 aromatic carbocycles. The first kappa shape index (κ1) is 18.7. The van der Waals surface area contributed by atoms with Crippen LogP contribution in [0.2, 0.25) is 0 Å². The zero-order valence-electron chi connectivity index (χ0n) is 15.0. The van der Waals surface area contributed by atoms with Crippen LogP contribution in [0.3, 0.4) is 0 Å². The number of anilines is 2. The Morgan fingerprint density at radius 3 is 2.85 bits per heavy atom. The quantitative estimate of drug-likeness (QED) is 0.616. The van der Waals surface area contributed by atoms with Gasteiger partial charge in [-0.2, -0.15) is 5.26 Å². The summed E-state index contributed by atoms with van der Waals surface area (Å²) in [5.74, 6) is -0.342. The Balaban J connectivity index is 1.94. The van der Waals surface area contributed by atoms with Crippen molar-refractivity contribution in [1.82, 2.24) is 5.32 Å².